The molecule has 1 aromatic heterocycles. The number of carbonyl (C=O) groups is 1. The monoisotopic (exact) mass is 444 g/mol. The summed E-state index contributed by atoms with van der Waals surface area (Å²) in [4.78, 5) is 12.8. The van der Waals surface area contributed by atoms with Gasteiger partial charge >= 0.3 is 0 Å². The molecule has 3 aromatic rings. The lowest BCUT2D eigenvalue weighted by atomic mass is 10.2. The molecule has 1 saturated heterocycles. The standard InChI is InChI=1S/C22H21FN2O5S/c1-15-2-7-18(14-21(15)31(27,28)25-10-12-29-13-11-25)24-22(26)20-9-8-19(30-20)16-3-5-17(23)6-4-16/h2-9,14H,10-13H2,1H3,(H,24,26). The molecule has 4 rings (SSSR count). The zero-order valence-electron chi connectivity index (χ0n) is 16.8. The Kier molecular flexibility index (Phi) is 5.90. The number of furan rings is 1. The highest BCUT2D eigenvalue weighted by Crippen LogP contribution is 2.26. The maximum Gasteiger partial charge on any atom is 0.291 e. The van der Waals surface area contributed by atoms with Gasteiger partial charge in [0.15, 0.2) is 5.76 Å². The maximum atomic E-state index is 13.1. The van der Waals surface area contributed by atoms with Gasteiger partial charge in [-0.05, 0) is 61.0 Å². The Morgan fingerprint density at radius 2 is 1.74 bits per heavy atom. The highest BCUT2D eigenvalue weighted by molar-refractivity contribution is 7.89. The average molecular weight is 444 g/mol. The SMILES string of the molecule is Cc1ccc(NC(=O)c2ccc(-c3ccc(F)cc3)o2)cc1S(=O)(=O)N1CCOCC1. The van der Waals surface area contributed by atoms with Crippen molar-refractivity contribution in [1.29, 1.82) is 0 Å². The molecule has 0 spiro atoms. The topological polar surface area (TPSA) is 88.8 Å². The van der Waals surface area contributed by atoms with E-state index in [4.69, 9.17) is 9.15 Å². The minimum atomic E-state index is -3.70. The second-order valence-corrected chi connectivity index (χ2v) is 9.03. The number of nitrogens with one attached hydrogen (secondary N) is 1. The summed E-state index contributed by atoms with van der Waals surface area (Å²) in [5.41, 5.74) is 1.55. The molecule has 0 aliphatic carbocycles. The van der Waals surface area contributed by atoms with E-state index in [1.807, 2.05) is 0 Å². The van der Waals surface area contributed by atoms with Crippen LogP contribution in [0.15, 0.2) is 63.9 Å². The molecule has 1 fully saturated rings. The molecule has 0 radical (unpaired) electrons. The van der Waals surface area contributed by atoms with Gasteiger partial charge in [0.05, 0.1) is 18.1 Å². The van der Waals surface area contributed by atoms with E-state index in [2.05, 4.69) is 5.32 Å². The third-order valence-corrected chi connectivity index (χ3v) is 7.03. The fourth-order valence-electron chi connectivity index (χ4n) is 3.30. The Balaban J connectivity index is 1.54. The first kappa shape index (κ1) is 21.2. The van der Waals surface area contributed by atoms with E-state index in [0.717, 1.165) is 0 Å². The summed E-state index contributed by atoms with van der Waals surface area (Å²) < 4.78 is 51.3. The summed E-state index contributed by atoms with van der Waals surface area (Å²) in [5.74, 6) is -0.412. The van der Waals surface area contributed by atoms with E-state index < -0.39 is 15.9 Å². The molecule has 2 aromatic carbocycles. The van der Waals surface area contributed by atoms with Gasteiger partial charge in [-0.2, -0.15) is 4.31 Å². The molecule has 1 N–H and O–H groups in total. The van der Waals surface area contributed by atoms with E-state index in [-0.39, 0.29) is 29.6 Å². The third kappa shape index (κ3) is 4.53. The molecular formula is C22H21FN2O5S. The minimum absolute atomic E-state index is 0.0532. The van der Waals surface area contributed by atoms with Gasteiger partial charge in [-0.25, -0.2) is 12.8 Å². The number of anilines is 1. The first-order valence-corrected chi connectivity index (χ1v) is 11.1. The van der Waals surface area contributed by atoms with Crippen molar-refractivity contribution in [1.82, 2.24) is 4.31 Å². The van der Waals surface area contributed by atoms with Crippen LogP contribution in [0, 0.1) is 12.7 Å². The van der Waals surface area contributed by atoms with Crippen LogP contribution in [0.4, 0.5) is 10.1 Å². The van der Waals surface area contributed by atoms with Crippen LogP contribution in [0.25, 0.3) is 11.3 Å². The molecule has 31 heavy (non-hydrogen) atoms. The van der Waals surface area contributed by atoms with Crippen LogP contribution in [0.5, 0.6) is 0 Å². The Hall–Kier alpha value is -3.01. The number of benzene rings is 2. The largest absolute Gasteiger partial charge is 0.451 e. The fraction of sp³-hybridized carbons (Fsp3) is 0.227. The molecular weight excluding hydrogens is 423 g/mol. The second kappa shape index (κ2) is 8.62. The van der Waals surface area contributed by atoms with Crippen LogP contribution >= 0.6 is 0 Å². The Morgan fingerprint density at radius 3 is 2.45 bits per heavy atom. The molecule has 7 nitrogen and oxygen atoms in total. The van der Waals surface area contributed by atoms with E-state index in [9.17, 15) is 17.6 Å². The molecule has 1 aliphatic heterocycles. The van der Waals surface area contributed by atoms with Crippen LogP contribution < -0.4 is 5.32 Å². The van der Waals surface area contributed by atoms with Crippen LogP contribution in [-0.4, -0.2) is 44.9 Å². The molecule has 1 amide bonds. The molecule has 2 heterocycles. The van der Waals surface area contributed by atoms with Crippen molar-refractivity contribution in [2.24, 2.45) is 0 Å². The van der Waals surface area contributed by atoms with Crippen LogP contribution in [0.3, 0.4) is 0 Å². The number of amides is 1. The Labute approximate surface area is 179 Å². The van der Waals surface area contributed by atoms with Crippen LogP contribution in [-0.2, 0) is 14.8 Å². The molecule has 0 saturated carbocycles. The van der Waals surface area contributed by atoms with Crippen molar-refractivity contribution in [2.75, 3.05) is 31.6 Å². The lowest BCUT2D eigenvalue weighted by Gasteiger charge is -2.26. The number of carbonyl (C=O) groups excluding carboxylic acids is 1. The normalized spacial score (nSPS) is 15.0. The molecule has 9 heteroatoms. The Bertz CT molecular complexity index is 1200. The van der Waals surface area contributed by atoms with Crippen molar-refractivity contribution in [3.05, 3.63) is 71.7 Å². The number of morpholine rings is 1. The maximum absolute atomic E-state index is 13.1. The highest BCUT2D eigenvalue weighted by atomic mass is 32.2. The summed E-state index contributed by atoms with van der Waals surface area (Å²) in [6.45, 7) is 2.99. The third-order valence-electron chi connectivity index (χ3n) is 4.99. The number of halogens is 1. The zero-order chi connectivity index (χ0) is 22.0. The summed E-state index contributed by atoms with van der Waals surface area (Å²) in [7, 11) is -3.70. The van der Waals surface area contributed by atoms with Gasteiger partial charge in [0.25, 0.3) is 5.91 Å². The van der Waals surface area contributed by atoms with Gasteiger partial charge in [0, 0.05) is 24.3 Å². The number of rotatable bonds is 5. The van der Waals surface area contributed by atoms with Crippen molar-refractivity contribution < 1.29 is 26.8 Å². The van der Waals surface area contributed by atoms with Gasteiger partial charge in [-0.15, -0.1) is 0 Å². The Morgan fingerprint density at radius 1 is 1.03 bits per heavy atom. The van der Waals surface area contributed by atoms with E-state index in [1.165, 1.54) is 28.6 Å². The number of hydrogen-bond donors (Lipinski definition) is 1. The van der Waals surface area contributed by atoms with E-state index >= 15 is 0 Å². The van der Waals surface area contributed by atoms with Crippen molar-refractivity contribution in [3.63, 3.8) is 0 Å². The zero-order valence-corrected chi connectivity index (χ0v) is 17.6. The number of hydrogen-bond acceptors (Lipinski definition) is 5. The quantitative estimate of drug-likeness (QED) is 0.649. The van der Waals surface area contributed by atoms with Gasteiger partial charge in [-0.3, -0.25) is 4.79 Å². The minimum Gasteiger partial charge on any atom is -0.451 e. The first-order valence-electron chi connectivity index (χ1n) is 9.70. The van der Waals surface area contributed by atoms with Crippen molar-refractivity contribution >= 4 is 21.6 Å². The number of aryl methyl sites for hydroxylation is 1. The summed E-state index contributed by atoms with van der Waals surface area (Å²) >= 11 is 0. The smallest absolute Gasteiger partial charge is 0.291 e. The van der Waals surface area contributed by atoms with Crippen LogP contribution in [0.2, 0.25) is 0 Å². The lowest BCUT2D eigenvalue weighted by Crippen LogP contribution is -2.40. The average Bonchev–Trinajstić information content (AvgIpc) is 3.26. The number of ether oxygens (including phenoxy) is 1. The predicted octanol–water partition coefficient (Wildman–Crippen LogP) is 3.67. The molecule has 1 aliphatic rings. The van der Waals surface area contributed by atoms with Crippen molar-refractivity contribution in [2.45, 2.75) is 11.8 Å². The van der Waals surface area contributed by atoms with Gasteiger partial charge in [-0.1, -0.05) is 6.07 Å². The van der Waals surface area contributed by atoms with E-state index in [0.29, 0.717) is 35.8 Å². The molecule has 0 atom stereocenters. The van der Waals surface area contributed by atoms with Gasteiger partial charge < -0.3 is 14.5 Å². The van der Waals surface area contributed by atoms with E-state index in [1.54, 1.807) is 37.3 Å². The summed E-state index contributed by atoms with van der Waals surface area (Å²) in [6, 6.07) is 13.6. The number of nitrogens with zero attached hydrogens (tertiary/aromatic N) is 1. The summed E-state index contributed by atoms with van der Waals surface area (Å²) in [5, 5.41) is 2.67. The highest BCUT2D eigenvalue weighted by Gasteiger charge is 2.28. The summed E-state index contributed by atoms with van der Waals surface area (Å²) in [6.07, 6.45) is 0. The fourth-order valence-corrected chi connectivity index (χ4v) is 4.96. The lowest BCUT2D eigenvalue weighted by molar-refractivity contribution is 0.0730. The van der Waals surface area contributed by atoms with Gasteiger partial charge in [0.2, 0.25) is 10.0 Å². The van der Waals surface area contributed by atoms with Gasteiger partial charge in [0.1, 0.15) is 11.6 Å². The van der Waals surface area contributed by atoms with Crippen molar-refractivity contribution in [3.8, 4) is 11.3 Å². The number of sulfonamides is 1. The first-order chi connectivity index (χ1) is 14.8. The molecule has 0 unspecified atom stereocenters. The molecule has 0 bridgehead atoms. The predicted molar refractivity (Wildman–Crippen MR) is 113 cm³/mol. The van der Waals surface area contributed by atoms with Crippen LogP contribution in [0.1, 0.15) is 16.1 Å². The molecule has 162 valence electrons. The second-order valence-electron chi connectivity index (χ2n) is 7.12.